The highest BCUT2D eigenvalue weighted by Gasteiger charge is 2.37. The first-order valence-electron chi connectivity index (χ1n) is 6.66. The van der Waals surface area contributed by atoms with Crippen LogP contribution in [0.2, 0.25) is 0 Å². The van der Waals surface area contributed by atoms with E-state index >= 15 is 0 Å². The van der Waals surface area contributed by atoms with Gasteiger partial charge in [-0.3, -0.25) is 19.7 Å². The van der Waals surface area contributed by atoms with Gasteiger partial charge in [0.25, 0.3) is 5.69 Å². The van der Waals surface area contributed by atoms with E-state index in [0.29, 0.717) is 11.3 Å². The average molecular weight is 292 g/mol. The molecule has 7 heteroatoms. The van der Waals surface area contributed by atoms with Gasteiger partial charge in [0.05, 0.1) is 28.7 Å². The lowest BCUT2D eigenvalue weighted by Crippen LogP contribution is -2.27. The molecule has 1 aromatic carbocycles. The fourth-order valence-electron chi connectivity index (χ4n) is 2.46. The monoisotopic (exact) mass is 292 g/mol. The first kappa shape index (κ1) is 15.0. The predicted octanol–water partition coefficient (Wildman–Crippen LogP) is 1.82. The molecule has 0 radical (unpaired) electrons. The van der Waals surface area contributed by atoms with E-state index in [1.807, 2.05) is 0 Å². The second-order valence-corrected chi connectivity index (χ2v) is 4.84. The molecule has 0 bridgehead atoms. The van der Waals surface area contributed by atoms with Crippen molar-refractivity contribution in [2.45, 2.75) is 20.3 Å². The zero-order valence-corrected chi connectivity index (χ0v) is 11.9. The number of carbonyl (C=O) groups excluding carboxylic acids is 2. The summed E-state index contributed by atoms with van der Waals surface area (Å²) in [5.74, 6) is -1.15. The van der Waals surface area contributed by atoms with Crippen molar-refractivity contribution in [3.05, 3.63) is 33.9 Å². The number of nitro benzene ring substituents is 1. The lowest BCUT2D eigenvalue weighted by atomic mass is 10.1. The van der Waals surface area contributed by atoms with Crippen LogP contribution in [0.5, 0.6) is 0 Å². The molecule has 1 aromatic rings. The van der Waals surface area contributed by atoms with Crippen molar-refractivity contribution in [1.82, 2.24) is 0 Å². The number of rotatable bonds is 4. The molecule has 7 nitrogen and oxygen atoms in total. The van der Waals surface area contributed by atoms with E-state index in [1.54, 1.807) is 19.9 Å². The second-order valence-electron chi connectivity index (χ2n) is 4.84. The SMILES string of the molecule is CCOC(=O)C1CC(=O)N(c2cccc([N+](=O)[O-])c2C)C1. The van der Waals surface area contributed by atoms with Crippen LogP contribution in [0.4, 0.5) is 11.4 Å². The smallest absolute Gasteiger partial charge is 0.311 e. The molecule has 1 saturated heterocycles. The number of hydrogen-bond acceptors (Lipinski definition) is 5. The quantitative estimate of drug-likeness (QED) is 0.479. The van der Waals surface area contributed by atoms with Gasteiger partial charge in [0.2, 0.25) is 5.91 Å². The van der Waals surface area contributed by atoms with Gasteiger partial charge in [-0.1, -0.05) is 6.07 Å². The standard InChI is InChI=1S/C14H16N2O5/c1-3-21-14(18)10-7-13(17)15(8-10)11-5-4-6-12(9(11)2)16(19)20/h4-6,10H,3,7-8H2,1-2H3. The summed E-state index contributed by atoms with van der Waals surface area (Å²) in [6.45, 7) is 3.76. The van der Waals surface area contributed by atoms with Gasteiger partial charge in [0.1, 0.15) is 0 Å². The minimum atomic E-state index is -0.517. The summed E-state index contributed by atoms with van der Waals surface area (Å²) in [5, 5.41) is 11.0. The summed E-state index contributed by atoms with van der Waals surface area (Å²) in [7, 11) is 0. The maximum Gasteiger partial charge on any atom is 0.311 e. The normalized spacial score (nSPS) is 17.9. The molecule has 2 rings (SSSR count). The van der Waals surface area contributed by atoms with E-state index in [9.17, 15) is 19.7 Å². The Bertz CT molecular complexity index is 599. The molecule has 21 heavy (non-hydrogen) atoms. The van der Waals surface area contributed by atoms with Crippen molar-refractivity contribution < 1.29 is 19.2 Å². The van der Waals surface area contributed by atoms with Gasteiger partial charge < -0.3 is 9.64 Å². The Labute approximate surface area is 121 Å². The van der Waals surface area contributed by atoms with Crippen molar-refractivity contribution in [3.8, 4) is 0 Å². The Balaban J connectivity index is 2.27. The largest absolute Gasteiger partial charge is 0.466 e. The fourth-order valence-corrected chi connectivity index (χ4v) is 2.46. The molecule has 1 aliphatic rings. The van der Waals surface area contributed by atoms with Gasteiger partial charge in [0, 0.05) is 19.0 Å². The lowest BCUT2D eigenvalue weighted by molar-refractivity contribution is -0.385. The molecule has 1 amide bonds. The van der Waals surface area contributed by atoms with E-state index in [4.69, 9.17) is 4.74 Å². The number of carbonyl (C=O) groups is 2. The van der Waals surface area contributed by atoms with Crippen molar-refractivity contribution in [1.29, 1.82) is 0 Å². The zero-order chi connectivity index (χ0) is 15.6. The number of benzene rings is 1. The first-order chi connectivity index (χ1) is 9.95. The van der Waals surface area contributed by atoms with Gasteiger partial charge in [-0.25, -0.2) is 0 Å². The van der Waals surface area contributed by atoms with Gasteiger partial charge in [-0.15, -0.1) is 0 Å². The number of hydrogen-bond donors (Lipinski definition) is 0. The Morgan fingerprint density at radius 2 is 2.24 bits per heavy atom. The zero-order valence-electron chi connectivity index (χ0n) is 11.9. The Morgan fingerprint density at radius 3 is 2.86 bits per heavy atom. The molecule has 1 aliphatic heterocycles. The highest BCUT2D eigenvalue weighted by Crippen LogP contribution is 2.32. The molecule has 1 fully saturated rings. The number of nitrogens with zero attached hydrogens (tertiary/aromatic N) is 2. The summed E-state index contributed by atoms with van der Waals surface area (Å²) in [5.41, 5.74) is 0.848. The second kappa shape index (κ2) is 5.90. The maximum absolute atomic E-state index is 12.1. The first-order valence-corrected chi connectivity index (χ1v) is 6.66. The number of ether oxygens (including phenoxy) is 1. The minimum absolute atomic E-state index is 0.0418. The Hall–Kier alpha value is -2.44. The van der Waals surface area contributed by atoms with Crippen molar-refractivity contribution in [2.75, 3.05) is 18.1 Å². The molecule has 1 atom stereocenters. The fraction of sp³-hybridized carbons (Fsp3) is 0.429. The van der Waals surface area contributed by atoms with Gasteiger partial charge >= 0.3 is 5.97 Å². The summed E-state index contributed by atoms with van der Waals surface area (Å²) >= 11 is 0. The van der Waals surface area contributed by atoms with Crippen LogP contribution < -0.4 is 4.90 Å². The Morgan fingerprint density at radius 1 is 1.52 bits per heavy atom. The third kappa shape index (κ3) is 2.86. The summed E-state index contributed by atoms with van der Waals surface area (Å²) in [4.78, 5) is 35.7. The average Bonchev–Trinajstić information content (AvgIpc) is 2.81. The van der Waals surface area contributed by atoms with E-state index in [0.717, 1.165) is 0 Å². The topological polar surface area (TPSA) is 89.8 Å². The van der Waals surface area contributed by atoms with Crippen LogP contribution in [0.3, 0.4) is 0 Å². The highest BCUT2D eigenvalue weighted by molar-refractivity contribution is 6.00. The van der Waals surface area contributed by atoms with Crippen LogP contribution in [0.15, 0.2) is 18.2 Å². The van der Waals surface area contributed by atoms with E-state index in [2.05, 4.69) is 0 Å². The maximum atomic E-state index is 12.1. The summed E-state index contributed by atoms with van der Waals surface area (Å²) in [6.07, 6.45) is 0.0704. The molecular formula is C14H16N2O5. The molecule has 0 N–H and O–H groups in total. The predicted molar refractivity (Wildman–Crippen MR) is 74.9 cm³/mol. The number of anilines is 1. The lowest BCUT2D eigenvalue weighted by Gasteiger charge is -2.18. The third-order valence-corrected chi connectivity index (χ3v) is 3.51. The van der Waals surface area contributed by atoms with E-state index in [1.165, 1.54) is 17.0 Å². The third-order valence-electron chi connectivity index (χ3n) is 3.51. The molecule has 1 heterocycles. The van der Waals surface area contributed by atoms with E-state index < -0.39 is 16.8 Å². The molecule has 0 aromatic heterocycles. The van der Waals surface area contributed by atoms with E-state index in [-0.39, 0.29) is 31.2 Å². The van der Waals surface area contributed by atoms with Crippen LogP contribution in [0.25, 0.3) is 0 Å². The molecule has 0 spiro atoms. The van der Waals surface area contributed by atoms with Crippen LogP contribution in [0, 0.1) is 23.0 Å². The van der Waals surface area contributed by atoms with Crippen molar-refractivity contribution in [3.63, 3.8) is 0 Å². The van der Waals surface area contributed by atoms with Gasteiger partial charge in [0.15, 0.2) is 0 Å². The molecular weight excluding hydrogens is 276 g/mol. The minimum Gasteiger partial charge on any atom is -0.466 e. The van der Waals surface area contributed by atoms with Crippen LogP contribution in [-0.4, -0.2) is 30.0 Å². The molecule has 112 valence electrons. The summed E-state index contributed by atoms with van der Waals surface area (Å²) in [6, 6.07) is 4.57. The van der Waals surface area contributed by atoms with Crippen LogP contribution in [-0.2, 0) is 14.3 Å². The molecule has 0 saturated carbocycles. The molecule has 0 aliphatic carbocycles. The van der Waals surface area contributed by atoms with Crippen LogP contribution in [0.1, 0.15) is 18.9 Å². The van der Waals surface area contributed by atoms with Gasteiger partial charge in [-0.2, -0.15) is 0 Å². The van der Waals surface area contributed by atoms with Gasteiger partial charge in [-0.05, 0) is 19.9 Å². The summed E-state index contributed by atoms with van der Waals surface area (Å²) < 4.78 is 4.92. The molecule has 1 unspecified atom stereocenters. The van der Waals surface area contributed by atoms with Crippen molar-refractivity contribution in [2.24, 2.45) is 5.92 Å². The number of esters is 1. The highest BCUT2D eigenvalue weighted by atomic mass is 16.6. The number of amides is 1. The van der Waals surface area contributed by atoms with Crippen molar-refractivity contribution >= 4 is 23.3 Å². The van der Waals surface area contributed by atoms with Crippen LogP contribution >= 0.6 is 0 Å². The number of nitro groups is 1. The Kier molecular flexibility index (Phi) is 4.21.